The van der Waals surface area contributed by atoms with Gasteiger partial charge in [-0.25, -0.2) is 4.39 Å². The van der Waals surface area contributed by atoms with E-state index in [0.29, 0.717) is 18.7 Å². The molecule has 1 aliphatic rings. The molecule has 0 radical (unpaired) electrons. The quantitative estimate of drug-likeness (QED) is 0.836. The van der Waals surface area contributed by atoms with E-state index in [1.807, 2.05) is 17.0 Å². The molecule has 2 heterocycles. The summed E-state index contributed by atoms with van der Waals surface area (Å²) in [6.45, 7) is 3.99. The van der Waals surface area contributed by atoms with Gasteiger partial charge in [0, 0.05) is 43.2 Å². The second-order valence-corrected chi connectivity index (χ2v) is 7.44. The summed E-state index contributed by atoms with van der Waals surface area (Å²) in [5.41, 5.74) is 0.420. The molecule has 0 unspecified atom stereocenters. The molecule has 0 atom stereocenters. The predicted molar refractivity (Wildman–Crippen MR) is 91.5 cm³/mol. The Morgan fingerprint density at radius 1 is 1.17 bits per heavy atom. The monoisotopic (exact) mass is 352 g/mol. The molecule has 0 bridgehead atoms. The molecular weight excluding hydrogens is 335 g/mol. The first kappa shape index (κ1) is 16.4. The number of hydrogen-bond acceptors (Lipinski definition) is 3. The van der Waals surface area contributed by atoms with Gasteiger partial charge in [-0.2, -0.15) is 0 Å². The van der Waals surface area contributed by atoms with E-state index in [0.717, 1.165) is 30.4 Å². The lowest BCUT2D eigenvalue weighted by molar-refractivity contribution is 0.0760. The fraction of sp³-hybridized carbons (Fsp3) is 0.353. The van der Waals surface area contributed by atoms with Gasteiger partial charge in [0.05, 0.1) is 4.34 Å². The van der Waals surface area contributed by atoms with Gasteiger partial charge in [0.15, 0.2) is 0 Å². The number of hydrogen-bond donors (Lipinski definition) is 0. The van der Waals surface area contributed by atoms with Crippen LogP contribution in [0, 0.1) is 5.82 Å². The zero-order chi connectivity index (χ0) is 16.2. The molecular formula is C17H18ClFN2OS. The zero-order valence-corrected chi connectivity index (χ0v) is 14.2. The smallest absolute Gasteiger partial charge is 0.254 e. The van der Waals surface area contributed by atoms with E-state index in [1.165, 1.54) is 17.0 Å². The molecule has 2 aromatic rings. The number of benzene rings is 1. The lowest BCUT2D eigenvalue weighted by Gasteiger charge is -2.21. The predicted octanol–water partition coefficient (Wildman–Crippen LogP) is 3.89. The van der Waals surface area contributed by atoms with Crippen LogP contribution in [0.15, 0.2) is 36.4 Å². The highest BCUT2D eigenvalue weighted by molar-refractivity contribution is 7.16. The maximum atomic E-state index is 13.3. The molecule has 1 saturated heterocycles. The van der Waals surface area contributed by atoms with E-state index in [2.05, 4.69) is 4.90 Å². The van der Waals surface area contributed by atoms with Gasteiger partial charge in [-0.1, -0.05) is 17.7 Å². The van der Waals surface area contributed by atoms with E-state index < -0.39 is 0 Å². The second kappa shape index (κ2) is 7.43. The third-order valence-corrected chi connectivity index (χ3v) is 5.17. The average molecular weight is 353 g/mol. The molecule has 122 valence electrons. The molecule has 3 nitrogen and oxygen atoms in total. The van der Waals surface area contributed by atoms with Crippen molar-refractivity contribution >= 4 is 28.8 Å². The van der Waals surface area contributed by atoms with Gasteiger partial charge in [-0.3, -0.25) is 9.69 Å². The van der Waals surface area contributed by atoms with Crippen molar-refractivity contribution in [2.75, 3.05) is 26.2 Å². The molecule has 1 aromatic carbocycles. The standard InChI is InChI=1S/C17H18ClFN2OS/c18-16-6-5-15(23-16)12-20-7-2-8-21(10-9-20)17(22)13-3-1-4-14(19)11-13/h1,3-6,11H,2,7-10,12H2. The average Bonchev–Trinajstić information content (AvgIpc) is 2.80. The van der Waals surface area contributed by atoms with Crippen molar-refractivity contribution in [3.63, 3.8) is 0 Å². The maximum absolute atomic E-state index is 13.3. The van der Waals surface area contributed by atoms with Crippen LogP contribution in [0.4, 0.5) is 4.39 Å². The van der Waals surface area contributed by atoms with Crippen LogP contribution in [-0.2, 0) is 6.54 Å². The molecule has 1 fully saturated rings. The topological polar surface area (TPSA) is 23.6 Å². The number of rotatable bonds is 3. The summed E-state index contributed by atoms with van der Waals surface area (Å²) in [5, 5.41) is 0. The Morgan fingerprint density at radius 3 is 2.78 bits per heavy atom. The minimum Gasteiger partial charge on any atom is -0.337 e. The second-order valence-electron chi connectivity index (χ2n) is 5.64. The highest BCUT2D eigenvalue weighted by Gasteiger charge is 2.20. The molecule has 1 aromatic heterocycles. The Balaban J connectivity index is 1.60. The van der Waals surface area contributed by atoms with Crippen LogP contribution in [0.1, 0.15) is 21.7 Å². The molecule has 1 aliphatic heterocycles. The first-order valence-electron chi connectivity index (χ1n) is 7.63. The largest absolute Gasteiger partial charge is 0.337 e. The maximum Gasteiger partial charge on any atom is 0.254 e. The fourth-order valence-electron chi connectivity index (χ4n) is 2.79. The number of nitrogens with zero attached hydrogens (tertiary/aromatic N) is 2. The van der Waals surface area contributed by atoms with E-state index in [1.54, 1.807) is 23.5 Å². The zero-order valence-electron chi connectivity index (χ0n) is 12.7. The van der Waals surface area contributed by atoms with Gasteiger partial charge in [-0.05, 0) is 36.8 Å². The molecule has 0 N–H and O–H groups in total. The molecule has 23 heavy (non-hydrogen) atoms. The first-order chi connectivity index (χ1) is 11.1. The van der Waals surface area contributed by atoms with Crippen LogP contribution in [-0.4, -0.2) is 41.9 Å². The van der Waals surface area contributed by atoms with Gasteiger partial charge >= 0.3 is 0 Å². The number of carbonyl (C=O) groups excluding carboxylic acids is 1. The van der Waals surface area contributed by atoms with Gasteiger partial charge in [0.1, 0.15) is 5.82 Å². The van der Waals surface area contributed by atoms with Crippen LogP contribution >= 0.6 is 22.9 Å². The molecule has 0 aliphatic carbocycles. The van der Waals surface area contributed by atoms with Crippen molar-refractivity contribution in [3.05, 3.63) is 57.0 Å². The molecule has 6 heteroatoms. The van der Waals surface area contributed by atoms with E-state index in [4.69, 9.17) is 11.6 Å². The van der Waals surface area contributed by atoms with E-state index in [-0.39, 0.29) is 11.7 Å². The summed E-state index contributed by atoms with van der Waals surface area (Å²) in [4.78, 5) is 17.9. The fourth-order valence-corrected chi connectivity index (χ4v) is 3.92. The number of carbonyl (C=O) groups is 1. The van der Waals surface area contributed by atoms with Crippen LogP contribution in [0.3, 0.4) is 0 Å². The third kappa shape index (κ3) is 4.31. The van der Waals surface area contributed by atoms with Crippen molar-refractivity contribution in [2.45, 2.75) is 13.0 Å². The first-order valence-corrected chi connectivity index (χ1v) is 8.83. The van der Waals surface area contributed by atoms with E-state index >= 15 is 0 Å². The normalized spacial score (nSPS) is 16.3. The Kier molecular flexibility index (Phi) is 5.30. The minimum atomic E-state index is -0.373. The lowest BCUT2D eigenvalue weighted by atomic mass is 10.2. The van der Waals surface area contributed by atoms with Crippen LogP contribution < -0.4 is 0 Å². The molecule has 0 saturated carbocycles. The van der Waals surface area contributed by atoms with Crippen molar-refractivity contribution < 1.29 is 9.18 Å². The number of thiophene rings is 1. The minimum absolute atomic E-state index is 0.0921. The summed E-state index contributed by atoms with van der Waals surface area (Å²) < 4.78 is 14.1. The molecule has 3 rings (SSSR count). The SMILES string of the molecule is O=C(c1cccc(F)c1)N1CCCN(Cc2ccc(Cl)s2)CC1. The number of amides is 1. The third-order valence-electron chi connectivity index (χ3n) is 3.96. The summed E-state index contributed by atoms with van der Waals surface area (Å²) in [6, 6.07) is 9.87. The van der Waals surface area contributed by atoms with Crippen LogP contribution in [0.25, 0.3) is 0 Å². The Morgan fingerprint density at radius 2 is 2.04 bits per heavy atom. The van der Waals surface area contributed by atoms with Crippen molar-refractivity contribution in [1.29, 1.82) is 0 Å². The van der Waals surface area contributed by atoms with Crippen molar-refractivity contribution in [1.82, 2.24) is 9.80 Å². The molecule has 1 amide bonds. The van der Waals surface area contributed by atoms with Crippen LogP contribution in [0.5, 0.6) is 0 Å². The highest BCUT2D eigenvalue weighted by atomic mass is 35.5. The lowest BCUT2D eigenvalue weighted by Crippen LogP contribution is -2.35. The Labute approximate surface area is 144 Å². The van der Waals surface area contributed by atoms with Crippen molar-refractivity contribution in [2.24, 2.45) is 0 Å². The van der Waals surface area contributed by atoms with Crippen LogP contribution in [0.2, 0.25) is 4.34 Å². The van der Waals surface area contributed by atoms with Gasteiger partial charge in [0.25, 0.3) is 5.91 Å². The van der Waals surface area contributed by atoms with Gasteiger partial charge in [0.2, 0.25) is 0 Å². The Hall–Kier alpha value is -1.43. The highest BCUT2D eigenvalue weighted by Crippen LogP contribution is 2.23. The summed E-state index contributed by atoms with van der Waals surface area (Å²) >= 11 is 7.57. The molecule has 0 spiro atoms. The summed E-state index contributed by atoms with van der Waals surface area (Å²) in [7, 11) is 0. The van der Waals surface area contributed by atoms with Gasteiger partial charge in [-0.15, -0.1) is 11.3 Å². The number of halogens is 2. The van der Waals surface area contributed by atoms with Crippen molar-refractivity contribution in [3.8, 4) is 0 Å². The summed E-state index contributed by atoms with van der Waals surface area (Å²) in [5.74, 6) is -0.465. The Bertz CT molecular complexity index is 691. The van der Waals surface area contributed by atoms with E-state index in [9.17, 15) is 9.18 Å². The van der Waals surface area contributed by atoms with Gasteiger partial charge < -0.3 is 4.90 Å². The summed E-state index contributed by atoms with van der Waals surface area (Å²) in [6.07, 6.45) is 0.917.